The van der Waals surface area contributed by atoms with Crippen LogP contribution in [0.5, 0.6) is 0 Å². The fourth-order valence-corrected chi connectivity index (χ4v) is 5.91. The lowest BCUT2D eigenvalue weighted by atomic mass is 9.78. The summed E-state index contributed by atoms with van der Waals surface area (Å²) >= 11 is 6.34. The second-order valence-corrected chi connectivity index (χ2v) is 10.5. The Balaban J connectivity index is 1.26. The zero-order chi connectivity index (χ0) is 25.0. The number of nitrogens with zero attached hydrogens (tertiary/aromatic N) is 7. The number of hydrogen-bond acceptors (Lipinski definition) is 6. The van der Waals surface area contributed by atoms with Gasteiger partial charge in [0.15, 0.2) is 5.82 Å². The highest BCUT2D eigenvalue weighted by atomic mass is 35.5. The third-order valence-electron chi connectivity index (χ3n) is 7.79. The average molecular weight is 518 g/mol. The smallest absolute Gasteiger partial charge is 0.356 e. The van der Waals surface area contributed by atoms with Gasteiger partial charge in [-0.05, 0) is 62.4 Å². The number of hydrogen-bond donors (Lipinski definition) is 0. The first kappa shape index (κ1) is 23.7. The van der Waals surface area contributed by atoms with Crippen LogP contribution in [0.3, 0.4) is 0 Å². The van der Waals surface area contributed by atoms with Gasteiger partial charge in [-0.3, -0.25) is 9.47 Å². The van der Waals surface area contributed by atoms with E-state index < -0.39 is 12.1 Å². The molecule has 190 valence electrons. The Hall–Kier alpha value is -2.72. The highest BCUT2D eigenvalue weighted by Crippen LogP contribution is 2.45. The van der Waals surface area contributed by atoms with Crippen LogP contribution in [0.4, 0.5) is 19.0 Å². The maximum Gasteiger partial charge on any atom is 0.391 e. The summed E-state index contributed by atoms with van der Waals surface area (Å²) in [7, 11) is 0. The number of halogens is 4. The van der Waals surface area contributed by atoms with Gasteiger partial charge in [-0.1, -0.05) is 11.6 Å². The molecule has 0 amide bonds. The summed E-state index contributed by atoms with van der Waals surface area (Å²) in [5.41, 5.74) is 1.96. The van der Waals surface area contributed by atoms with Crippen LogP contribution in [0.1, 0.15) is 54.6 Å². The molecule has 4 heterocycles. The van der Waals surface area contributed by atoms with E-state index in [1.807, 2.05) is 31.2 Å². The fourth-order valence-electron chi connectivity index (χ4n) is 5.71. The van der Waals surface area contributed by atoms with Gasteiger partial charge in [-0.15, -0.1) is 10.2 Å². The molecule has 1 saturated carbocycles. The molecule has 3 aliphatic rings. The van der Waals surface area contributed by atoms with Crippen molar-refractivity contribution in [2.75, 3.05) is 18.0 Å². The monoisotopic (exact) mass is 517 g/mol. The summed E-state index contributed by atoms with van der Waals surface area (Å²) < 4.78 is 41.6. The van der Waals surface area contributed by atoms with Crippen molar-refractivity contribution in [1.82, 2.24) is 29.6 Å². The summed E-state index contributed by atoms with van der Waals surface area (Å²) in [5.74, 6) is 2.38. The number of aromatic nitrogens is 5. The second kappa shape index (κ2) is 8.99. The molecule has 0 bridgehead atoms. The van der Waals surface area contributed by atoms with Crippen LogP contribution in [0, 0.1) is 12.8 Å². The maximum absolute atomic E-state index is 13.1. The molecule has 0 N–H and O–H groups in total. The van der Waals surface area contributed by atoms with E-state index in [9.17, 15) is 13.2 Å². The van der Waals surface area contributed by atoms with Crippen molar-refractivity contribution in [1.29, 1.82) is 0 Å². The zero-order valence-corrected chi connectivity index (χ0v) is 20.7. The third kappa shape index (κ3) is 4.34. The van der Waals surface area contributed by atoms with Crippen molar-refractivity contribution < 1.29 is 13.2 Å². The van der Waals surface area contributed by atoms with Crippen LogP contribution < -0.4 is 4.90 Å². The van der Waals surface area contributed by atoms with Gasteiger partial charge in [0.2, 0.25) is 0 Å². The molecule has 11 heteroatoms. The molecule has 0 radical (unpaired) electrons. The minimum atomic E-state index is -4.13. The van der Waals surface area contributed by atoms with Gasteiger partial charge in [-0.25, -0.2) is 9.97 Å². The van der Waals surface area contributed by atoms with Gasteiger partial charge in [-0.2, -0.15) is 13.2 Å². The van der Waals surface area contributed by atoms with E-state index in [0.29, 0.717) is 18.1 Å². The molecule has 1 aliphatic carbocycles. The molecule has 3 aromatic rings. The summed E-state index contributed by atoms with van der Waals surface area (Å²) in [6.07, 6.45) is -0.277. The Bertz CT molecular complexity index is 1260. The lowest BCUT2D eigenvalue weighted by Gasteiger charge is -2.43. The quantitative estimate of drug-likeness (QED) is 0.484. The molecular formula is C25H27ClF3N7. The van der Waals surface area contributed by atoms with E-state index in [1.165, 1.54) is 0 Å². The highest BCUT2D eigenvalue weighted by Gasteiger charge is 2.49. The second-order valence-electron chi connectivity index (χ2n) is 10.1. The molecule has 2 fully saturated rings. The molecule has 2 aliphatic heterocycles. The predicted molar refractivity (Wildman–Crippen MR) is 129 cm³/mol. The van der Waals surface area contributed by atoms with E-state index in [1.54, 1.807) is 6.20 Å². The highest BCUT2D eigenvalue weighted by molar-refractivity contribution is 6.30. The Labute approximate surface area is 212 Å². The summed E-state index contributed by atoms with van der Waals surface area (Å²) in [6, 6.07) is 7.56. The number of benzene rings is 1. The van der Waals surface area contributed by atoms with E-state index in [4.69, 9.17) is 11.6 Å². The van der Waals surface area contributed by atoms with E-state index in [0.717, 1.165) is 60.5 Å². The number of fused-ring (bicyclic) bond motifs is 3. The normalized spacial score (nSPS) is 23.1. The molecule has 0 spiro atoms. The number of rotatable bonds is 3. The van der Waals surface area contributed by atoms with Crippen molar-refractivity contribution in [2.45, 2.75) is 63.8 Å². The van der Waals surface area contributed by atoms with Crippen LogP contribution in [0.15, 0.2) is 30.5 Å². The molecule has 7 nitrogen and oxygen atoms in total. The number of piperidine rings is 1. The van der Waals surface area contributed by atoms with E-state index >= 15 is 0 Å². The SMILES string of the molecule is Cc1nccc(N2CCC(c3nnc4n3-c3ccc(Cl)cc3CN(C3CC(C(F)(F)F)C3)C4)CC2)n1. The Morgan fingerprint density at radius 2 is 1.81 bits per heavy atom. The summed E-state index contributed by atoms with van der Waals surface area (Å²) in [4.78, 5) is 13.1. The number of aryl methyl sites for hydroxylation is 1. The molecule has 6 rings (SSSR count). The Morgan fingerprint density at radius 1 is 1.03 bits per heavy atom. The number of alkyl halides is 3. The lowest BCUT2D eigenvalue weighted by Crippen LogP contribution is -2.48. The lowest BCUT2D eigenvalue weighted by molar-refractivity contribution is -0.207. The fraction of sp³-hybridized carbons (Fsp3) is 0.520. The first-order chi connectivity index (χ1) is 17.3. The van der Waals surface area contributed by atoms with E-state index in [2.05, 4.69) is 34.5 Å². The van der Waals surface area contributed by atoms with Crippen LogP contribution >= 0.6 is 11.6 Å². The first-order valence-corrected chi connectivity index (χ1v) is 12.7. The third-order valence-corrected chi connectivity index (χ3v) is 8.03. The van der Waals surface area contributed by atoms with Gasteiger partial charge < -0.3 is 4.90 Å². The predicted octanol–water partition coefficient (Wildman–Crippen LogP) is 5.06. The van der Waals surface area contributed by atoms with Gasteiger partial charge in [0.25, 0.3) is 0 Å². The average Bonchev–Trinajstić information content (AvgIpc) is 3.14. The maximum atomic E-state index is 13.1. The molecule has 1 saturated heterocycles. The zero-order valence-electron chi connectivity index (χ0n) is 19.9. The topological polar surface area (TPSA) is 63.0 Å². The molecule has 0 atom stereocenters. The van der Waals surface area contributed by atoms with Gasteiger partial charge in [0.05, 0.1) is 18.2 Å². The van der Waals surface area contributed by atoms with Crippen molar-refractivity contribution in [3.05, 3.63) is 58.5 Å². The van der Waals surface area contributed by atoms with Crippen LogP contribution in [0.2, 0.25) is 5.02 Å². The summed E-state index contributed by atoms with van der Waals surface area (Å²) in [6.45, 7) is 4.60. The first-order valence-electron chi connectivity index (χ1n) is 12.3. The van der Waals surface area contributed by atoms with Crippen molar-refractivity contribution in [2.24, 2.45) is 5.92 Å². The van der Waals surface area contributed by atoms with Crippen LogP contribution in [-0.4, -0.2) is 54.9 Å². The summed E-state index contributed by atoms with van der Waals surface area (Å²) in [5, 5.41) is 9.77. The molecule has 2 aromatic heterocycles. The van der Waals surface area contributed by atoms with Crippen molar-refractivity contribution >= 4 is 17.4 Å². The van der Waals surface area contributed by atoms with Crippen LogP contribution in [0.25, 0.3) is 5.69 Å². The van der Waals surface area contributed by atoms with Gasteiger partial charge in [0.1, 0.15) is 17.5 Å². The Kier molecular flexibility index (Phi) is 5.91. The Morgan fingerprint density at radius 3 is 2.53 bits per heavy atom. The van der Waals surface area contributed by atoms with Gasteiger partial charge >= 0.3 is 6.18 Å². The molecule has 1 aromatic carbocycles. The van der Waals surface area contributed by atoms with Crippen molar-refractivity contribution in [3.8, 4) is 5.69 Å². The minimum Gasteiger partial charge on any atom is -0.356 e. The van der Waals surface area contributed by atoms with Crippen LogP contribution in [-0.2, 0) is 13.1 Å². The molecule has 0 unspecified atom stereocenters. The molecular weight excluding hydrogens is 491 g/mol. The number of anilines is 1. The molecule has 36 heavy (non-hydrogen) atoms. The minimum absolute atomic E-state index is 0.126. The largest absolute Gasteiger partial charge is 0.391 e. The van der Waals surface area contributed by atoms with E-state index in [-0.39, 0.29) is 24.8 Å². The van der Waals surface area contributed by atoms with Gasteiger partial charge in [0, 0.05) is 42.8 Å². The van der Waals surface area contributed by atoms with Crippen molar-refractivity contribution in [3.63, 3.8) is 0 Å². The standard InChI is InChI=1S/C25H27ClF3N7/c1-15-30-7-4-22(31-15)34-8-5-16(6-9-34)24-33-32-23-14-35(20-11-18(12-20)25(27,28)29)13-17-10-19(26)2-3-21(17)36(23)24/h2-4,7,10,16,18,20H,5-6,8-9,11-14H2,1H3.